The third-order valence-electron chi connectivity index (χ3n) is 4.68. The molecule has 0 spiro atoms. The Morgan fingerprint density at radius 2 is 2.17 bits per heavy atom. The quantitative estimate of drug-likeness (QED) is 0.859. The minimum absolute atomic E-state index is 0.120. The number of carbonyl (C=O) groups is 2. The van der Waals surface area contributed by atoms with E-state index in [0.29, 0.717) is 26.0 Å². The van der Waals surface area contributed by atoms with Crippen LogP contribution in [0.1, 0.15) is 31.7 Å². The zero-order valence-electron chi connectivity index (χ0n) is 14.1. The van der Waals surface area contributed by atoms with E-state index in [1.807, 2.05) is 36.2 Å². The number of likely N-dealkylation sites (tertiary alicyclic amines) is 1. The molecule has 128 valence electrons. The molecule has 24 heavy (non-hydrogen) atoms. The topological polar surface area (TPSA) is 62.4 Å². The van der Waals surface area contributed by atoms with Crippen LogP contribution in [0.3, 0.4) is 0 Å². The number of nitrogens with one attached hydrogen (secondary N) is 1. The van der Waals surface area contributed by atoms with E-state index in [1.54, 1.807) is 0 Å². The van der Waals surface area contributed by atoms with Gasteiger partial charge in [0.15, 0.2) is 0 Å². The molecule has 5 nitrogen and oxygen atoms in total. The van der Waals surface area contributed by atoms with Crippen molar-refractivity contribution in [3.8, 4) is 0 Å². The van der Waals surface area contributed by atoms with E-state index < -0.39 is 0 Å². The number of rotatable bonds is 5. The maximum Gasteiger partial charge on any atom is 0.310 e. The molecule has 1 atom stereocenters. The van der Waals surface area contributed by atoms with Crippen LogP contribution < -0.4 is 0 Å². The number of fused-ring (bicyclic) bond motifs is 1. The predicted molar refractivity (Wildman–Crippen MR) is 92.6 cm³/mol. The van der Waals surface area contributed by atoms with Gasteiger partial charge in [0.2, 0.25) is 5.91 Å². The summed E-state index contributed by atoms with van der Waals surface area (Å²) in [4.78, 5) is 29.5. The number of H-pyrrole nitrogens is 1. The average molecular weight is 328 g/mol. The molecule has 1 aliphatic heterocycles. The number of aromatic amines is 1. The summed E-state index contributed by atoms with van der Waals surface area (Å²) in [5, 5.41) is 1.17. The van der Waals surface area contributed by atoms with Crippen LogP contribution in [0.15, 0.2) is 30.5 Å². The molecule has 2 heterocycles. The summed E-state index contributed by atoms with van der Waals surface area (Å²) in [6, 6.07) is 8.12. The summed E-state index contributed by atoms with van der Waals surface area (Å²) in [6.07, 6.45) is 4.84. The number of esters is 1. The minimum atomic E-state index is -0.174. The van der Waals surface area contributed by atoms with E-state index in [1.165, 1.54) is 5.39 Å². The highest BCUT2D eigenvalue weighted by atomic mass is 16.5. The van der Waals surface area contributed by atoms with Crippen molar-refractivity contribution in [1.82, 2.24) is 9.88 Å². The van der Waals surface area contributed by atoms with E-state index >= 15 is 0 Å². The van der Waals surface area contributed by atoms with Crippen molar-refractivity contribution >= 4 is 22.8 Å². The Morgan fingerprint density at radius 3 is 3.00 bits per heavy atom. The number of aromatic nitrogens is 1. The Hall–Kier alpha value is -2.30. The van der Waals surface area contributed by atoms with Gasteiger partial charge in [0.1, 0.15) is 0 Å². The molecular formula is C19H24N2O3. The van der Waals surface area contributed by atoms with Gasteiger partial charge in [-0.15, -0.1) is 0 Å². The third-order valence-corrected chi connectivity index (χ3v) is 4.68. The van der Waals surface area contributed by atoms with Crippen LogP contribution in [-0.2, 0) is 20.7 Å². The standard InChI is InChI=1S/C19H24N2O3/c1-2-24-19(23)15-6-5-11-21(13-15)18(22)10-9-14-12-20-17-8-4-3-7-16(14)17/h3-4,7-8,12,15,20H,2,5-6,9-11,13H2,1H3. The van der Waals surface area contributed by atoms with Gasteiger partial charge in [-0.3, -0.25) is 9.59 Å². The van der Waals surface area contributed by atoms with Crippen LogP contribution in [0.4, 0.5) is 0 Å². The first-order valence-corrected chi connectivity index (χ1v) is 8.68. The van der Waals surface area contributed by atoms with Crippen molar-refractivity contribution in [2.75, 3.05) is 19.7 Å². The van der Waals surface area contributed by atoms with Gasteiger partial charge in [0, 0.05) is 36.6 Å². The molecule has 0 saturated carbocycles. The summed E-state index contributed by atoms with van der Waals surface area (Å²) in [6.45, 7) is 3.43. The number of amides is 1. The number of hydrogen-bond acceptors (Lipinski definition) is 3. The Labute approximate surface area is 142 Å². The molecule has 5 heteroatoms. The second-order valence-corrected chi connectivity index (χ2v) is 6.29. The molecule has 0 radical (unpaired) electrons. The fraction of sp³-hybridized carbons (Fsp3) is 0.474. The summed E-state index contributed by atoms with van der Waals surface area (Å²) in [7, 11) is 0. The Morgan fingerprint density at radius 1 is 1.33 bits per heavy atom. The zero-order valence-corrected chi connectivity index (χ0v) is 14.1. The van der Waals surface area contributed by atoms with Crippen LogP contribution in [-0.4, -0.2) is 41.5 Å². The van der Waals surface area contributed by atoms with Gasteiger partial charge in [-0.2, -0.15) is 0 Å². The van der Waals surface area contributed by atoms with Crippen molar-refractivity contribution in [3.63, 3.8) is 0 Å². The molecule has 3 rings (SSSR count). The second kappa shape index (κ2) is 7.51. The van der Waals surface area contributed by atoms with Gasteiger partial charge in [-0.25, -0.2) is 0 Å². The van der Waals surface area contributed by atoms with Gasteiger partial charge < -0.3 is 14.6 Å². The number of aryl methyl sites for hydroxylation is 1. The van der Waals surface area contributed by atoms with Gasteiger partial charge in [0.05, 0.1) is 12.5 Å². The number of carbonyl (C=O) groups excluding carboxylic acids is 2. The monoisotopic (exact) mass is 328 g/mol. The SMILES string of the molecule is CCOC(=O)C1CCCN(C(=O)CCc2c[nH]c3ccccc23)C1. The number of ether oxygens (including phenoxy) is 1. The largest absolute Gasteiger partial charge is 0.466 e. The van der Waals surface area contributed by atoms with Gasteiger partial charge in [0.25, 0.3) is 0 Å². The van der Waals surface area contributed by atoms with Crippen LogP contribution in [0.5, 0.6) is 0 Å². The molecule has 1 amide bonds. The smallest absolute Gasteiger partial charge is 0.310 e. The van der Waals surface area contributed by atoms with Crippen molar-refractivity contribution in [2.45, 2.75) is 32.6 Å². The van der Waals surface area contributed by atoms with Gasteiger partial charge in [-0.05, 0) is 37.8 Å². The van der Waals surface area contributed by atoms with E-state index in [2.05, 4.69) is 11.1 Å². The molecule has 0 bridgehead atoms. The number of benzene rings is 1. The normalized spacial score (nSPS) is 17.9. The average Bonchev–Trinajstić information content (AvgIpc) is 3.03. The van der Waals surface area contributed by atoms with E-state index in [-0.39, 0.29) is 17.8 Å². The van der Waals surface area contributed by atoms with E-state index in [4.69, 9.17) is 4.74 Å². The molecule has 1 fully saturated rings. The maximum absolute atomic E-state index is 12.5. The summed E-state index contributed by atoms with van der Waals surface area (Å²) in [5.74, 6) is -0.225. The second-order valence-electron chi connectivity index (χ2n) is 6.29. The Bertz CT molecular complexity index is 722. The Kier molecular flexibility index (Phi) is 5.18. The van der Waals surface area contributed by atoms with Gasteiger partial charge in [-0.1, -0.05) is 18.2 Å². The van der Waals surface area contributed by atoms with Crippen LogP contribution >= 0.6 is 0 Å². The molecule has 2 aromatic rings. The lowest BCUT2D eigenvalue weighted by Gasteiger charge is -2.31. The number of piperidine rings is 1. The molecule has 1 N–H and O–H groups in total. The van der Waals surface area contributed by atoms with Crippen molar-refractivity contribution in [1.29, 1.82) is 0 Å². The van der Waals surface area contributed by atoms with Crippen LogP contribution in [0.25, 0.3) is 10.9 Å². The molecule has 0 aliphatic carbocycles. The van der Waals surface area contributed by atoms with Crippen molar-refractivity contribution in [2.24, 2.45) is 5.92 Å². The number of nitrogens with zero attached hydrogens (tertiary/aromatic N) is 1. The first-order chi connectivity index (χ1) is 11.7. The number of hydrogen-bond donors (Lipinski definition) is 1. The fourth-order valence-electron chi connectivity index (χ4n) is 3.39. The summed E-state index contributed by atoms with van der Waals surface area (Å²) >= 11 is 0. The molecule has 1 aromatic heterocycles. The zero-order chi connectivity index (χ0) is 16.9. The fourth-order valence-corrected chi connectivity index (χ4v) is 3.39. The lowest BCUT2D eigenvalue weighted by Crippen LogP contribution is -2.42. The first-order valence-electron chi connectivity index (χ1n) is 8.68. The Balaban J connectivity index is 1.57. The lowest BCUT2D eigenvalue weighted by molar-refractivity contribution is -0.151. The predicted octanol–water partition coefficient (Wildman–Crippen LogP) is 2.90. The van der Waals surface area contributed by atoms with E-state index in [9.17, 15) is 9.59 Å². The molecule has 1 aromatic carbocycles. The lowest BCUT2D eigenvalue weighted by atomic mass is 9.97. The first kappa shape index (κ1) is 16.6. The number of para-hydroxylation sites is 1. The highest BCUT2D eigenvalue weighted by Crippen LogP contribution is 2.21. The van der Waals surface area contributed by atoms with Gasteiger partial charge >= 0.3 is 5.97 Å². The maximum atomic E-state index is 12.5. The molecule has 1 saturated heterocycles. The minimum Gasteiger partial charge on any atom is -0.466 e. The molecule has 1 aliphatic rings. The summed E-state index contributed by atoms with van der Waals surface area (Å²) in [5.41, 5.74) is 2.26. The summed E-state index contributed by atoms with van der Waals surface area (Å²) < 4.78 is 5.10. The van der Waals surface area contributed by atoms with Crippen LogP contribution in [0.2, 0.25) is 0 Å². The van der Waals surface area contributed by atoms with Crippen molar-refractivity contribution in [3.05, 3.63) is 36.0 Å². The molecule has 1 unspecified atom stereocenters. The van der Waals surface area contributed by atoms with Crippen LogP contribution in [0, 0.1) is 5.92 Å². The van der Waals surface area contributed by atoms with Crippen molar-refractivity contribution < 1.29 is 14.3 Å². The highest BCUT2D eigenvalue weighted by molar-refractivity contribution is 5.84. The third kappa shape index (κ3) is 3.61. The molecular weight excluding hydrogens is 304 g/mol. The highest BCUT2D eigenvalue weighted by Gasteiger charge is 2.29. The van der Waals surface area contributed by atoms with E-state index in [0.717, 1.165) is 30.5 Å².